The minimum atomic E-state index is -0.390. The van der Waals surface area contributed by atoms with Crippen LogP contribution in [0.4, 0.5) is 5.69 Å². The number of aromatic nitrogens is 4. The Morgan fingerprint density at radius 1 is 1.16 bits per heavy atom. The molecule has 0 aliphatic heterocycles. The Hall–Kier alpha value is -3.52. The van der Waals surface area contributed by atoms with Gasteiger partial charge in [-0.2, -0.15) is 0 Å². The first-order valence-corrected chi connectivity index (χ1v) is 11.2. The molecule has 2 aromatic carbocycles. The third kappa shape index (κ3) is 4.27. The zero-order valence-corrected chi connectivity index (χ0v) is 18.7. The maximum Gasteiger partial charge on any atom is 0.237 e. The molecule has 0 unspecified atom stereocenters. The lowest BCUT2D eigenvalue weighted by atomic mass is 10.1. The first-order valence-electron chi connectivity index (χ1n) is 10.3. The number of fused-ring (bicyclic) bond motifs is 3. The van der Waals surface area contributed by atoms with E-state index in [0.29, 0.717) is 29.4 Å². The van der Waals surface area contributed by atoms with E-state index in [1.807, 2.05) is 41.8 Å². The van der Waals surface area contributed by atoms with Gasteiger partial charge in [0.1, 0.15) is 5.52 Å². The topological polar surface area (TPSA) is 89.8 Å². The molecule has 1 amide bonds. The van der Waals surface area contributed by atoms with Gasteiger partial charge in [0.25, 0.3) is 0 Å². The zero-order chi connectivity index (χ0) is 22.7. The van der Waals surface area contributed by atoms with Crippen molar-refractivity contribution in [3.63, 3.8) is 0 Å². The maximum atomic E-state index is 12.8. The summed E-state index contributed by atoms with van der Waals surface area (Å²) in [6.45, 7) is 7.90. The van der Waals surface area contributed by atoms with Crippen LogP contribution in [0.1, 0.15) is 30.6 Å². The zero-order valence-electron chi connectivity index (χ0n) is 17.9. The van der Waals surface area contributed by atoms with E-state index in [1.165, 1.54) is 18.7 Å². The molecule has 0 radical (unpaired) electrons. The van der Waals surface area contributed by atoms with Crippen molar-refractivity contribution in [1.82, 2.24) is 19.7 Å². The second-order valence-corrected chi connectivity index (χ2v) is 8.49. The van der Waals surface area contributed by atoms with Crippen molar-refractivity contribution in [3.05, 3.63) is 66.7 Å². The number of amides is 1. The summed E-state index contributed by atoms with van der Waals surface area (Å²) < 4.78 is 2.05. The number of Topliss-reactive ketones (excluding diaryl/α,β-unsaturated/α-hetero) is 1. The fourth-order valence-corrected chi connectivity index (χ4v) is 4.33. The van der Waals surface area contributed by atoms with Gasteiger partial charge in [0.2, 0.25) is 11.1 Å². The third-order valence-corrected chi connectivity index (χ3v) is 6.35. The van der Waals surface area contributed by atoms with Crippen LogP contribution < -0.4 is 5.32 Å². The number of rotatable bonds is 8. The number of benzene rings is 2. The van der Waals surface area contributed by atoms with Gasteiger partial charge in [0.05, 0.1) is 10.8 Å². The number of ketones is 1. The molecule has 32 heavy (non-hydrogen) atoms. The molecule has 0 fully saturated rings. The van der Waals surface area contributed by atoms with Gasteiger partial charge in [-0.05, 0) is 43.7 Å². The molecule has 1 N–H and O–H groups in total. The summed E-state index contributed by atoms with van der Waals surface area (Å²) in [6.07, 6.45) is 2.42. The molecule has 0 saturated carbocycles. The molecule has 0 aliphatic carbocycles. The number of nitrogens with zero attached hydrogens (tertiary/aromatic N) is 4. The Labute approximate surface area is 189 Å². The summed E-state index contributed by atoms with van der Waals surface area (Å²) in [5.41, 5.74) is 3.71. The van der Waals surface area contributed by atoms with Crippen molar-refractivity contribution < 1.29 is 9.59 Å². The number of carbonyl (C=O) groups is 2. The van der Waals surface area contributed by atoms with Gasteiger partial charge in [0.15, 0.2) is 11.4 Å². The minimum absolute atomic E-state index is 0.0150. The van der Waals surface area contributed by atoms with Crippen LogP contribution in [0.15, 0.2) is 66.3 Å². The number of hydrogen-bond donors (Lipinski definition) is 1. The molecule has 0 aliphatic rings. The van der Waals surface area contributed by atoms with E-state index >= 15 is 0 Å². The molecule has 0 saturated heterocycles. The van der Waals surface area contributed by atoms with Crippen molar-refractivity contribution >= 4 is 51.2 Å². The van der Waals surface area contributed by atoms with E-state index in [4.69, 9.17) is 4.98 Å². The summed E-state index contributed by atoms with van der Waals surface area (Å²) in [5.74, 6) is -0.165. The lowest BCUT2D eigenvalue weighted by Gasteiger charge is -2.14. The number of allylic oxidation sites excluding steroid dienone is 1. The van der Waals surface area contributed by atoms with Crippen LogP contribution in [-0.2, 0) is 11.3 Å². The van der Waals surface area contributed by atoms with Crippen LogP contribution in [0.2, 0.25) is 0 Å². The van der Waals surface area contributed by atoms with Crippen LogP contribution in [0.25, 0.3) is 22.1 Å². The van der Waals surface area contributed by atoms with Crippen LogP contribution in [-0.4, -0.2) is 36.7 Å². The molecule has 162 valence electrons. The van der Waals surface area contributed by atoms with Crippen molar-refractivity contribution in [2.45, 2.75) is 37.2 Å². The second kappa shape index (κ2) is 9.32. The first-order chi connectivity index (χ1) is 15.5. The van der Waals surface area contributed by atoms with Crippen LogP contribution in [0, 0.1) is 0 Å². The van der Waals surface area contributed by atoms with Crippen LogP contribution in [0.5, 0.6) is 0 Å². The molecule has 4 aromatic rings. The average Bonchev–Trinajstić information content (AvgIpc) is 3.11. The summed E-state index contributed by atoms with van der Waals surface area (Å²) in [6, 6.07) is 14.8. The first kappa shape index (κ1) is 21.7. The van der Waals surface area contributed by atoms with Gasteiger partial charge in [-0.15, -0.1) is 16.8 Å². The van der Waals surface area contributed by atoms with Gasteiger partial charge >= 0.3 is 0 Å². The number of anilines is 1. The molecule has 0 bridgehead atoms. The molecule has 8 heteroatoms. The SMILES string of the molecule is C=CCn1c2ccccc2c2nnc(S[C@@H](CC)C(=O)Nc3ccc(C(C)=O)cc3)nc21. The molecule has 4 rings (SSSR count). The van der Waals surface area contributed by atoms with Gasteiger partial charge in [-0.3, -0.25) is 9.59 Å². The predicted octanol–water partition coefficient (Wildman–Crippen LogP) is 4.88. The van der Waals surface area contributed by atoms with Crippen LogP contribution in [0.3, 0.4) is 0 Å². The number of carbonyl (C=O) groups excluding carboxylic acids is 2. The van der Waals surface area contributed by atoms with Crippen molar-refractivity contribution in [2.24, 2.45) is 0 Å². The largest absolute Gasteiger partial charge is 0.325 e. The van der Waals surface area contributed by atoms with Crippen molar-refractivity contribution in [2.75, 3.05) is 5.32 Å². The van der Waals surface area contributed by atoms with E-state index in [2.05, 4.69) is 22.1 Å². The molecule has 0 spiro atoms. The lowest BCUT2D eigenvalue weighted by molar-refractivity contribution is -0.115. The fourth-order valence-electron chi connectivity index (χ4n) is 3.51. The van der Waals surface area contributed by atoms with E-state index in [-0.39, 0.29) is 16.9 Å². The Kier molecular flexibility index (Phi) is 6.32. The van der Waals surface area contributed by atoms with Gasteiger partial charge in [0, 0.05) is 23.2 Å². The standard InChI is InChI=1S/C24H23N5O2S/c1-4-14-29-19-9-7-6-8-18(19)21-22(29)26-24(28-27-21)32-20(5-2)23(31)25-17-12-10-16(11-13-17)15(3)30/h4,6-13,20H,1,5,14H2,2-3H3,(H,25,31)/t20-/m0/s1. The highest BCUT2D eigenvalue weighted by molar-refractivity contribution is 8.00. The van der Waals surface area contributed by atoms with E-state index < -0.39 is 0 Å². The third-order valence-electron chi connectivity index (χ3n) is 5.14. The summed E-state index contributed by atoms with van der Waals surface area (Å²) in [4.78, 5) is 29.0. The summed E-state index contributed by atoms with van der Waals surface area (Å²) in [5, 5.41) is 12.6. The second-order valence-electron chi connectivity index (χ2n) is 7.32. The molecule has 2 aromatic heterocycles. The highest BCUT2D eigenvalue weighted by atomic mass is 32.2. The molecular weight excluding hydrogens is 422 g/mol. The van der Waals surface area contributed by atoms with Crippen LogP contribution >= 0.6 is 11.8 Å². The summed E-state index contributed by atoms with van der Waals surface area (Å²) in [7, 11) is 0. The number of nitrogens with one attached hydrogen (secondary N) is 1. The van der Waals surface area contributed by atoms with Gasteiger partial charge < -0.3 is 9.88 Å². The molecule has 7 nitrogen and oxygen atoms in total. The van der Waals surface area contributed by atoms with Gasteiger partial charge in [-0.25, -0.2) is 4.98 Å². The van der Waals surface area contributed by atoms with Gasteiger partial charge in [-0.1, -0.05) is 43.0 Å². The number of hydrogen-bond acceptors (Lipinski definition) is 6. The summed E-state index contributed by atoms with van der Waals surface area (Å²) >= 11 is 1.29. The Morgan fingerprint density at radius 2 is 1.91 bits per heavy atom. The normalized spacial score (nSPS) is 12.1. The monoisotopic (exact) mass is 445 g/mol. The Bertz CT molecular complexity index is 1310. The predicted molar refractivity (Wildman–Crippen MR) is 128 cm³/mol. The smallest absolute Gasteiger partial charge is 0.237 e. The molecule has 1 atom stereocenters. The average molecular weight is 446 g/mol. The fraction of sp³-hybridized carbons (Fsp3) is 0.208. The highest BCUT2D eigenvalue weighted by Gasteiger charge is 2.21. The van der Waals surface area contributed by atoms with E-state index in [9.17, 15) is 9.59 Å². The Morgan fingerprint density at radius 3 is 2.59 bits per heavy atom. The minimum Gasteiger partial charge on any atom is -0.325 e. The lowest BCUT2D eigenvalue weighted by Crippen LogP contribution is -2.25. The molecular formula is C24H23N5O2S. The quantitative estimate of drug-likeness (QED) is 0.236. The highest BCUT2D eigenvalue weighted by Crippen LogP contribution is 2.29. The van der Waals surface area contributed by atoms with Crippen molar-refractivity contribution in [1.29, 1.82) is 0 Å². The molecule has 2 heterocycles. The number of thioether (sulfide) groups is 1. The van der Waals surface area contributed by atoms with Crippen molar-refractivity contribution in [3.8, 4) is 0 Å². The maximum absolute atomic E-state index is 12.8. The van der Waals surface area contributed by atoms with E-state index in [1.54, 1.807) is 24.3 Å². The number of para-hydroxylation sites is 1. The Balaban J connectivity index is 1.58. The van der Waals surface area contributed by atoms with E-state index in [0.717, 1.165) is 22.1 Å².